The van der Waals surface area contributed by atoms with Crippen molar-refractivity contribution < 1.29 is 35.8 Å². The zero-order chi connectivity index (χ0) is 33.1. The SMILES string of the molecule is Cc1c(F)c(N)c(F)c(-c2nc3c4c(nc(OC[C@@H]5CCCN5C)nc4c2F)N([C@@H](C)c2cccnc2N)CCO3)c1C(F)(F)F. The van der Waals surface area contributed by atoms with E-state index in [-0.39, 0.29) is 54.7 Å². The monoisotopic (exact) mass is 648 g/mol. The highest BCUT2D eigenvalue weighted by Crippen LogP contribution is 2.47. The minimum Gasteiger partial charge on any atom is -0.475 e. The molecule has 16 heteroatoms. The number of likely N-dealkylation sites (N-methyl/N-ethyl adjacent to an activating group) is 1. The van der Waals surface area contributed by atoms with Crippen LogP contribution in [-0.2, 0) is 6.18 Å². The fourth-order valence-corrected chi connectivity index (χ4v) is 6.10. The van der Waals surface area contributed by atoms with Crippen molar-refractivity contribution in [1.29, 1.82) is 0 Å². The first kappa shape index (κ1) is 31.4. The average Bonchev–Trinajstić information content (AvgIpc) is 3.34. The molecular formula is C30H30F6N8O2. The molecule has 0 aliphatic carbocycles. The van der Waals surface area contributed by atoms with Crippen molar-refractivity contribution in [2.24, 2.45) is 0 Å². The largest absolute Gasteiger partial charge is 0.475 e. The van der Waals surface area contributed by atoms with Crippen molar-refractivity contribution in [3.05, 3.63) is 52.5 Å². The summed E-state index contributed by atoms with van der Waals surface area (Å²) >= 11 is 0. The summed E-state index contributed by atoms with van der Waals surface area (Å²) in [4.78, 5) is 20.8. The van der Waals surface area contributed by atoms with E-state index in [1.54, 1.807) is 17.0 Å². The van der Waals surface area contributed by atoms with Gasteiger partial charge in [0.25, 0.3) is 0 Å². The highest BCUT2D eigenvalue weighted by atomic mass is 19.4. The molecule has 46 heavy (non-hydrogen) atoms. The predicted octanol–water partition coefficient (Wildman–Crippen LogP) is 5.43. The Morgan fingerprint density at radius 3 is 2.52 bits per heavy atom. The Morgan fingerprint density at radius 1 is 1.09 bits per heavy atom. The third-order valence-corrected chi connectivity index (χ3v) is 8.59. The van der Waals surface area contributed by atoms with E-state index >= 15 is 8.78 Å². The van der Waals surface area contributed by atoms with Gasteiger partial charge in [-0.1, -0.05) is 6.07 Å². The first-order valence-corrected chi connectivity index (χ1v) is 14.5. The fraction of sp³-hybridized carbons (Fsp3) is 0.400. The van der Waals surface area contributed by atoms with Gasteiger partial charge in [0.2, 0.25) is 5.88 Å². The van der Waals surface area contributed by atoms with Crippen molar-refractivity contribution in [2.75, 3.05) is 49.7 Å². The minimum atomic E-state index is -5.30. The number of hydrogen-bond donors (Lipinski definition) is 2. The van der Waals surface area contributed by atoms with Gasteiger partial charge in [0.15, 0.2) is 17.5 Å². The van der Waals surface area contributed by atoms with Crippen LogP contribution in [0.4, 0.5) is 43.7 Å². The van der Waals surface area contributed by atoms with Crippen LogP contribution in [0.2, 0.25) is 0 Å². The molecular weight excluding hydrogens is 618 g/mol. The second kappa shape index (κ2) is 11.6. The predicted molar refractivity (Wildman–Crippen MR) is 158 cm³/mol. The Bertz CT molecular complexity index is 1840. The molecule has 0 saturated carbocycles. The van der Waals surface area contributed by atoms with Gasteiger partial charge in [-0.2, -0.15) is 23.1 Å². The van der Waals surface area contributed by atoms with Crippen LogP contribution >= 0.6 is 0 Å². The summed E-state index contributed by atoms with van der Waals surface area (Å²) in [6.45, 7) is 3.65. The molecule has 3 aromatic heterocycles. The Balaban J connectivity index is 1.61. The quantitative estimate of drug-likeness (QED) is 0.206. The number of anilines is 3. The van der Waals surface area contributed by atoms with Gasteiger partial charge >= 0.3 is 12.2 Å². The van der Waals surface area contributed by atoms with Crippen LogP contribution in [-0.4, -0.2) is 64.2 Å². The summed E-state index contributed by atoms with van der Waals surface area (Å²) in [5, 5.41) is -0.0841. The molecule has 2 aliphatic rings. The number of benzene rings is 1. The van der Waals surface area contributed by atoms with Gasteiger partial charge in [0.1, 0.15) is 47.1 Å². The van der Waals surface area contributed by atoms with E-state index in [2.05, 4.69) is 24.8 Å². The molecule has 0 unspecified atom stereocenters. The van der Waals surface area contributed by atoms with Crippen LogP contribution in [0.15, 0.2) is 18.3 Å². The summed E-state index contributed by atoms with van der Waals surface area (Å²) in [5.41, 5.74) is 5.29. The number of rotatable bonds is 6. The maximum Gasteiger partial charge on any atom is 0.417 e. The number of nitrogens with two attached hydrogens (primary N) is 2. The second-order valence-corrected chi connectivity index (χ2v) is 11.3. The van der Waals surface area contributed by atoms with Crippen molar-refractivity contribution >= 4 is 28.2 Å². The number of hydrogen-bond acceptors (Lipinski definition) is 10. The number of aromatic nitrogens is 4. The molecule has 1 fully saturated rings. The van der Waals surface area contributed by atoms with Crippen LogP contribution < -0.4 is 25.8 Å². The third-order valence-electron chi connectivity index (χ3n) is 8.59. The Labute approximate surface area is 259 Å². The molecule has 2 atom stereocenters. The molecule has 0 bridgehead atoms. The second-order valence-electron chi connectivity index (χ2n) is 11.3. The zero-order valence-electron chi connectivity index (χ0n) is 25.1. The molecule has 4 N–H and O–H groups in total. The molecule has 244 valence electrons. The van der Waals surface area contributed by atoms with Gasteiger partial charge in [-0.3, -0.25) is 0 Å². The maximum absolute atomic E-state index is 16.6. The fourth-order valence-electron chi connectivity index (χ4n) is 6.10. The molecule has 0 amide bonds. The molecule has 1 aromatic carbocycles. The van der Waals surface area contributed by atoms with E-state index in [9.17, 15) is 17.6 Å². The van der Waals surface area contributed by atoms with E-state index in [0.717, 1.165) is 26.3 Å². The standard InChI is InChI=1S/C30H30F6N8O2/c1-13-19(30(34,35)36)17(21(32)23(37)20(13)31)24-22(33)25-18-27(42-29(41-25)46-12-15-6-5-9-43(15)3)44(10-11-45-28(18)40-24)14(2)16-7-4-8-39-26(16)38/h4,7-8,14-15H,5-6,9-12,37H2,1-3H3,(H2,38,39)/t14-,15-/m0/s1. The van der Waals surface area contributed by atoms with Gasteiger partial charge in [0.05, 0.1) is 23.7 Å². The average molecular weight is 649 g/mol. The normalized spacial score (nSPS) is 17.7. The number of pyridine rings is 2. The zero-order valence-corrected chi connectivity index (χ0v) is 25.1. The lowest BCUT2D eigenvalue weighted by atomic mass is 9.95. The lowest BCUT2D eigenvalue weighted by Gasteiger charge is -2.30. The van der Waals surface area contributed by atoms with E-state index in [4.69, 9.17) is 20.9 Å². The minimum absolute atomic E-state index is 0.0222. The highest BCUT2D eigenvalue weighted by molar-refractivity contribution is 5.97. The molecule has 0 spiro atoms. The molecule has 2 aliphatic heterocycles. The Hall–Kier alpha value is -4.60. The smallest absolute Gasteiger partial charge is 0.417 e. The van der Waals surface area contributed by atoms with Crippen molar-refractivity contribution in [1.82, 2.24) is 24.8 Å². The lowest BCUT2D eigenvalue weighted by molar-refractivity contribution is -0.137. The number of halogens is 6. The highest BCUT2D eigenvalue weighted by Gasteiger charge is 2.42. The van der Waals surface area contributed by atoms with Gasteiger partial charge in [-0.25, -0.2) is 23.1 Å². The van der Waals surface area contributed by atoms with Gasteiger partial charge in [-0.15, -0.1) is 0 Å². The van der Waals surface area contributed by atoms with Gasteiger partial charge < -0.3 is 30.7 Å². The first-order valence-electron chi connectivity index (χ1n) is 14.5. The molecule has 6 rings (SSSR count). The van der Waals surface area contributed by atoms with Crippen molar-refractivity contribution in [3.8, 4) is 23.1 Å². The third kappa shape index (κ3) is 5.23. The molecule has 1 saturated heterocycles. The topological polar surface area (TPSA) is 129 Å². The van der Waals surface area contributed by atoms with E-state index in [0.29, 0.717) is 5.56 Å². The van der Waals surface area contributed by atoms with E-state index in [1.165, 1.54) is 6.20 Å². The van der Waals surface area contributed by atoms with Crippen molar-refractivity contribution in [3.63, 3.8) is 0 Å². The summed E-state index contributed by atoms with van der Waals surface area (Å²) in [6.07, 6.45) is -1.99. The number of likely N-dealkylation sites (tertiary alicyclic amines) is 1. The molecule has 10 nitrogen and oxygen atoms in total. The van der Waals surface area contributed by atoms with Crippen LogP contribution in [0.3, 0.4) is 0 Å². The van der Waals surface area contributed by atoms with Crippen molar-refractivity contribution in [2.45, 2.75) is 44.9 Å². The molecule has 4 aromatic rings. The summed E-state index contributed by atoms with van der Waals surface area (Å²) in [5.74, 6) is -4.87. The van der Waals surface area contributed by atoms with Crippen LogP contribution in [0.5, 0.6) is 11.9 Å². The Morgan fingerprint density at radius 2 is 1.85 bits per heavy atom. The number of nitrogen functional groups attached to an aromatic ring is 2. The van der Waals surface area contributed by atoms with Gasteiger partial charge in [0, 0.05) is 17.8 Å². The van der Waals surface area contributed by atoms with Crippen LogP contribution in [0, 0.1) is 24.4 Å². The first-order chi connectivity index (χ1) is 21.8. The summed E-state index contributed by atoms with van der Waals surface area (Å²) < 4.78 is 101. The maximum atomic E-state index is 16.6. The lowest BCUT2D eigenvalue weighted by Crippen LogP contribution is -2.32. The summed E-state index contributed by atoms with van der Waals surface area (Å²) in [7, 11) is 1.93. The Kier molecular flexibility index (Phi) is 7.94. The number of alkyl halides is 3. The number of ether oxygens (including phenoxy) is 2. The molecule has 5 heterocycles. The van der Waals surface area contributed by atoms with Gasteiger partial charge in [-0.05, 0) is 51.9 Å². The number of nitrogens with zero attached hydrogens (tertiary/aromatic N) is 6. The van der Waals surface area contributed by atoms with E-state index < -0.39 is 63.3 Å². The molecule has 0 radical (unpaired) electrons. The van der Waals surface area contributed by atoms with E-state index in [1.807, 2.05) is 14.0 Å². The van der Waals surface area contributed by atoms with Crippen LogP contribution in [0.1, 0.15) is 42.5 Å². The summed E-state index contributed by atoms with van der Waals surface area (Å²) in [6, 6.07) is 2.70. The van der Waals surface area contributed by atoms with Crippen LogP contribution in [0.25, 0.3) is 22.2 Å².